The smallest absolute Gasteiger partial charge is 0.0845 e. The topological polar surface area (TPSA) is 21.3 Å². The molecule has 0 aliphatic carbocycles. The number of likely N-dealkylation sites (N-methyl/N-ethyl adjacent to an activating group) is 1. The van der Waals surface area contributed by atoms with Gasteiger partial charge in [-0.05, 0) is 52.3 Å². The Kier molecular flexibility index (Phi) is 5.36. The zero-order valence-corrected chi connectivity index (χ0v) is 12.6. The average Bonchev–Trinajstić information content (AvgIpc) is 2.34. The highest BCUT2D eigenvalue weighted by Crippen LogP contribution is 2.33. The Hall–Kier alpha value is -0.860. The highest BCUT2D eigenvalue weighted by Gasteiger charge is 2.34. The molecule has 0 fully saturated rings. The third-order valence-corrected chi connectivity index (χ3v) is 3.82. The lowest BCUT2D eigenvalue weighted by atomic mass is 9.85. The van der Waals surface area contributed by atoms with E-state index >= 15 is 0 Å². The third-order valence-electron chi connectivity index (χ3n) is 3.82. The molecule has 2 unspecified atom stereocenters. The summed E-state index contributed by atoms with van der Waals surface area (Å²) in [6.45, 7) is 11.5. The summed E-state index contributed by atoms with van der Waals surface area (Å²) >= 11 is 0. The van der Waals surface area contributed by atoms with Gasteiger partial charge in [-0.3, -0.25) is 0 Å². The summed E-state index contributed by atoms with van der Waals surface area (Å²) in [4.78, 5) is 0. The Morgan fingerprint density at radius 1 is 1.28 bits per heavy atom. The first-order chi connectivity index (χ1) is 8.48. The number of benzene rings is 1. The van der Waals surface area contributed by atoms with Crippen LogP contribution < -0.4 is 5.32 Å². The molecule has 0 heterocycles. The van der Waals surface area contributed by atoms with Crippen molar-refractivity contribution < 1.29 is 4.74 Å². The molecule has 2 nitrogen and oxygen atoms in total. The van der Waals surface area contributed by atoms with Gasteiger partial charge in [0.05, 0.1) is 11.6 Å². The summed E-state index contributed by atoms with van der Waals surface area (Å²) in [5, 5.41) is 3.44. The van der Waals surface area contributed by atoms with Crippen LogP contribution in [0, 0.1) is 13.8 Å². The minimum absolute atomic E-state index is 0.165. The molecular weight excluding hydrogens is 222 g/mol. The van der Waals surface area contributed by atoms with Gasteiger partial charge in [-0.1, -0.05) is 30.7 Å². The van der Waals surface area contributed by atoms with Crippen LogP contribution in [-0.4, -0.2) is 19.3 Å². The maximum absolute atomic E-state index is 6.02. The van der Waals surface area contributed by atoms with Gasteiger partial charge >= 0.3 is 0 Å². The second-order valence-corrected chi connectivity index (χ2v) is 5.18. The van der Waals surface area contributed by atoms with Gasteiger partial charge in [-0.2, -0.15) is 0 Å². The van der Waals surface area contributed by atoms with E-state index in [9.17, 15) is 0 Å². The Morgan fingerprint density at radius 2 is 1.94 bits per heavy atom. The van der Waals surface area contributed by atoms with Crippen LogP contribution in [0.3, 0.4) is 0 Å². The molecule has 0 radical (unpaired) electrons. The van der Waals surface area contributed by atoms with E-state index in [2.05, 4.69) is 58.1 Å². The van der Waals surface area contributed by atoms with Crippen LogP contribution in [0.1, 0.15) is 49.9 Å². The predicted molar refractivity (Wildman–Crippen MR) is 78.0 cm³/mol. The first-order valence-electron chi connectivity index (χ1n) is 6.86. The van der Waals surface area contributed by atoms with Gasteiger partial charge in [0.25, 0.3) is 0 Å². The van der Waals surface area contributed by atoms with E-state index in [1.807, 2.05) is 7.05 Å². The molecule has 0 amide bonds. The lowest BCUT2D eigenvalue weighted by Gasteiger charge is -2.37. The molecule has 2 atom stereocenters. The maximum Gasteiger partial charge on any atom is 0.0845 e. The zero-order valence-electron chi connectivity index (χ0n) is 12.6. The fraction of sp³-hybridized carbons (Fsp3) is 0.625. The molecule has 0 bridgehead atoms. The van der Waals surface area contributed by atoms with E-state index in [1.54, 1.807) is 0 Å². The molecule has 0 saturated carbocycles. The summed E-state index contributed by atoms with van der Waals surface area (Å²) in [5.74, 6) is 0. The molecule has 102 valence electrons. The van der Waals surface area contributed by atoms with E-state index in [-0.39, 0.29) is 11.6 Å². The van der Waals surface area contributed by atoms with Gasteiger partial charge < -0.3 is 10.1 Å². The molecule has 0 aliphatic heterocycles. The average molecular weight is 249 g/mol. The number of rotatable bonds is 6. The largest absolute Gasteiger partial charge is 0.374 e. The van der Waals surface area contributed by atoms with Gasteiger partial charge in [0, 0.05) is 6.61 Å². The quantitative estimate of drug-likeness (QED) is 0.828. The highest BCUT2D eigenvalue weighted by molar-refractivity contribution is 5.34. The fourth-order valence-corrected chi connectivity index (χ4v) is 2.58. The van der Waals surface area contributed by atoms with E-state index in [0.29, 0.717) is 0 Å². The lowest BCUT2D eigenvalue weighted by molar-refractivity contribution is -0.0548. The Labute approximate surface area is 112 Å². The van der Waals surface area contributed by atoms with Gasteiger partial charge in [-0.15, -0.1) is 0 Å². The van der Waals surface area contributed by atoms with Crippen molar-refractivity contribution in [2.24, 2.45) is 0 Å². The van der Waals surface area contributed by atoms with Crippen LogP contribution in [0.15, 0.2) is 18.2 Å². The van der Waals surface area contributed by atoms with Crippen LogP contribution in [0.5, 0.6) is 0 Å². The molecule has 1 rings (SSSR count). The molecular formula is C16H27NO. The van der Waals surface area contributed by atoms with Crippen molar-refractivity contribution in [2.75, 3.05) is 13.7 Å². The SMILES string of the molecule is CCOC(C)(CC)C(NC)c1cc(C)ccc1C. The molecule has 0 spiro atoms. The number of hydrogen-bond acceptors (Lipinski definition) is 2. The van der Waals surface area contributed by atoms with E-state index < -0.39 is 0 Å². The molecule has 1 aromatic rings. The van der Waals surface area contributed by atoms with Crippen molar-refractivity contribution >= 4 is 0 Å². The standard InChI is InChI=1S/C16H27NO/c1-7-16(5,18-8-2)15(17-6)14-11-12(3)9-10-13(14)4/h9-11,15,17H,7-8H2,1-6H3. The van der Waals surface area contributed by atoms with Crippen molar-refractivity contribution in [1.82, 2.24) is 5.32 Å². The molecule has 0 saturated heterocycles. The van der Waals surface area contributed by atoms with Crippen molar-refractivity contribution in [3.05, 3.63) is 34.9 Å². The summed E-state index contributed by atoms with van der Waals surface area (Å²) in [7, 11) is 2.01. The van der Waals surface area contributed by atoms with E-state index in [1.165, 1.54) is 16.7 Å². The van der Waals surface area contributed by atoms with Gasteiger partial charge in [-0.25, -0.2) is 0 Å². The van der Waals surface area contributed by atoms with Crippen LogP contribution in [0.2, 0.25) is 0 Å². The minimum Gasteiger partial charge on any atom is -0.374 e. The normalized spacial score (nSPS) is 16.3. The Balaban J connectivity index is 3.19. The maximum atomic E-state index is 6.02. The van der Waals surface area contributed by atoms with Crippen molar-refractivity contribution in [1.29, 1.82) is 0 Å². The molecule has 0 aromatic heterocycles. The molecule has 1 aromatic carbocycles. The first-order valence-corrected chi connectivity index (χ1v) is 6.86. The summed E-state index contributed by atoms with van der Waals surface area (Å²) in [6, 6.07) is 6.85. The molecule has 0 aliphatic rings. The predicted octanol–water partition coefficient (Wildman–Crippen LogP) is 3.77. The molecule has 18 heavy (non-hydrogen) atoms. The summed E-state index contributed by atoms with van der Waals surface area (Å²) in [5.41, 5.74) is 3.79. The number of nitrogens with one attached hydrogen (secondary N) is 1. The van der Waals surface area contributed by atoms with Gasteiger partial charge in [0.15, 0.2) is 0 Å². The van der Waals surface area contributed by atoms with Crippen LogP contribution in [-0.2, 0) is 4.74 Å². The van der Waals surface area contributed by atoms with Gasteiger partial charge in [0.1, 0.15) is 0 Å². The zero-order chi connectivity index (χ0) is 13.8. The van der Waals surface area contributed by atoms with Gasteiger partial charge in [0.2, 0.25) is 0 Å². The van der Waals surface area contributed by atoms with Crippen LogP contribution in [0.25, 0.3) is 0 Å². The van der Waals surface area contributed by atoms with Crippen molar-refractivity contribution in [2.45, 2.75) is 52.7 Å². The summed E-state index contributed by atoms with van der Waals surface area (Å²) < 4.78 is 6.02. The van der Waals surface area contributed by atoms with Crippen LogP contribution in [0.4, 0.5) is 0 Å². The summed E-state index contributed by atoms with van der Waals surface area (Å²) in [6.07, 6.45) is 0.986. The number of hydrogen-bond donors (Lipinski definition) is 1. The Morgan fingerprint density at radius 3 is 2.44 bits per heavy atom. The van der Waals surface area contributed by atoms with E-state index in [4.69, 9.17) is 4.74 Å². The molecule has 2 heteroatoms. The first kappa shape index (κ1) is 15.2. The minimum atomic E-state index is -0.165. The Bertz CT molecular complexity index is 389. The number of aryl methyl sites for hydroxylation is 2. The monoisotopic (exact) mass is 249 g/mol. The lowest BCUT2D eigenvalue weighted by Crippen LogP contribution is -2.42. The van der Waals surface area contributed by atoms with E-state index in [0.717, 1.165) is 13.0 Å². The van der Waals surface area contributed by atoms with Crippen molar-refractivity contribution in [3.8, 4) is 0 Å². The second kappa shape index (κ2) is 6.35. The third kappa shape index (κ3) is 3.12. The number of ether oxygens (including phenoxy) is 1. The van der Waals surface area contributed by atoms with Crippen molar-refractivity contribution in [3.63, 3.8) is 0 Å². The van der Waals surface area contributed by atoms with Crippen LogP contribution >= 0.6 is 0 Å². The second-order valence-electron chi connectivity index (χ2n) is 5.18. The highest BCUT2D eigenvalue weighted by atomic mass is 16.5. The fourth-order valence-electron chi connectivity index (χ4n) is 2.58. The molecule has 1 N–H and O–H groups in total.